The zero-order valence-corrected chi connectivity index (χ0v) is 16.7. The lowest BCUT2D eigenvalue weighted by atomic mass is 10.2. The first kappa shape index (κ1) is 19.1. The fourth-order valence-electron chi connectivity index (χ4n) is 3.23. The van der Waals surface area contributed by atoms with Gasteiger partial charge in [-0.2, -0.15) is 0 Å². The molecule has 3 amide bonds. The molecule has 0 radical (unpaired) electrons. The Morgan fingerprint density at radius 3 is 2.59 bits per heavy atom. The molecule has 2 N–H and O–H groups in total. The van der Waals surface area contributed by atoms with E-state index in [1.807, 2.05) is 47.4 Å². The Hall–Kier alpha value is -3.20. The van der Waals surface area contributed by atoms with Gasteiger partial charge in [-0.3, -0.25) is 10.1 Å². The van der Waals surface area contributed by atoms with Crippen molar-refractivity contribution in [2.75, 3.05) is 42.9 Å². The molecule has 0 atom stereocenters. The van der Waals surface area contributed by atoms with Crippen molar-refractivity contribution in [1.29, 1.82) is 0 Å². The molecule has 9 heteroatoms. The van der Waals surface area contributed by atoms with E-state index >= 15 is 0 Å². The standard InChI is InChI=1S/C20H22N6O2S/c27-18(26-13-11-25(12-14-26)17-7-3-4-9-21-17)8-10-22-19(28)24-20-23-15-5-1-2-6-16(15)29-20/h1-7,9H,8,10-14H2,(H2,22,23,24,28). The molecule has 0 unspecified atom stereocenters. The smallest absolute Gasteiger partial charge is 0.321 e. The van der Waals surface area contributed by atoms with Crippen molar-refractivity contribution in [2.24, 2.45) is 0 Å². The lowest BCUT2D eigenvalue weighted by Crippen LogP contribution is -2.49. The van der Waals surface area contributed by atoms with Crippen LogP contribution in [0.4, 0.5) is 15.7 Å². The number of nitrogens with zero attached hydrogens (tertiary/aromatic N) is 4. The van der Waals surface area contributed by atoms with Gasteiger partial charge < -0.3 is 15.1 Å². The quantitative estimate of drug-likeness (QED) is 0.675. The average molecular weight is 411 g/mol. The zero-order valence-electron chi connectivity index (χ0n) is 15.9. The molecule has 29 heavy (non-hydrogen) atoms. The molecule has 0 saturated carbocycles. The summed E-state index contributed by atoms with van der Waals surface area (Å²) in [6, 6.07) is 13.2. The van der Waals surface area contributed by atoms with Crippen molar-refractivity contribution in [3.05, 3.63) is 48.7 Å². The number of amides is 3. The van der Waals surface area contributed by atoms with Crippen LogP contribution >= 0.6 is 11.3 Å². The van der Waals surface area contributed by atoms with Gasteiger partial charge in [-0.25, -0.2) is 14.8 Å². The number of carbonyl (C=O) groups is 2. The lowest BCUT2D eigenvalue weighted by molar-refractivity contribution is -0.131. The second-order valence-electron chi connectivity index (χ2n) is 6.67. The molecule has 1 fully saturated rings. The third kappa shape index (κ3) is 4.80. The number of urea groups is 1. The van der Waals surface area contributed by atoms with Crippen LogP contribution in [0.3, 0.4) is 0 Å². The van der Waals surface area contributed by atoms with E-state index in [-0.39, 0.29) is 24.9 Å². The summed E-state index contributed by atoms with van der Waals surface area (Å²) in [6.45, 7) is 3.12. The highest BCUT2D eigenvalue weighted by Crippen LogP contribution is 2.25. The van der Waals surface area contributed by atoms with Crippen LogP contribution in [-0.4, -0.2) is 59.5 Å². The molecule has 1 aliphatic heterocycles. The van der Waals surface area contributed by atoms with Gasteiger partial charge in [0.2, 0.25) is 5.91 Å². The number of carbonyl (C=O) groups excluding carboxylic acids is 2. The normalized spacial score (nSPS) is 14.1. The summed E-state index contributed by atoms with van der Waals surface area (Å²) >= 11 is 1.42. The third-order valence-electron chi connectivity index (χ3n) is 4.74. The second-order valence-corrected chi connectivity index (χ2v) is 7.70. The van der Waals surface area contributed by atoms with E-state index in [0.29, 0.717) is 18.2 Å². The molecule has 0 bridgehead atoms. The minimum Gasteiger partial charge on any atom is -0.353 e. The highest BCUT2D eigenvalue weighted by atomic mass is 32.1. The number of rotatable bonds is 5. The lowest BCUT2D eigenvalue weighted by Gasteiger charge is -2.35. The SMILES string of the molecule is O=C(NCCC(=O)N1CCN(c2ccccn2)CC1)Nc1nc2ccccc2s1. The molecular formula is C20H22N6O2S. The topological polar surface area (TPSA) is 90.5 Å². The number of hydrogen-bond donors (Lipinski definition) is 2. The molecule has 0 aliphatic carbocycles. The number of pyridine rings is 1. The van der Waals surface area contributed by atoms with Gasteiger partial charge in [-0.05, 0) is 24.3 Å². The molecule has 0 spiro atoms. The Morgan fingerprint density at radius 2 is 1.83 bits per heavy atom. The summed E-state index contributed by atoms with van der Waals surface area (Å²) in [5, 5.41) is 6.00. The number of anilines is 2. The molecular weight excluding hydrogens is 388 g/mol. The number of thiazole rings is 1. The molecule has 3 aromatic rings. The number of hydrogen-bond acceptors (Lipinski definition) is 6. The van der Waals surface area contributed by atoms with Crippen LogP contribution in [0.25, 0.3) is 10.2 Å². The van der Waals surface area contributed by atoms with E-state index in [9.17, 15) is 9.59 Å². The van der Waals surface area contributed by atoms with E-state index < -0.39 is 0 Å². The predicted molar refractivity (Wildman–Crippen MR) is 114 cm³/mol. The van der Waals surface area contributed by atoms with Crippen LogP contribution in [0.2, 0.25) is 0 Å². The van der Waals surface area contributed by atoms with E-state index in [1.165, 1.54) is 11.3 Å². The second kappa shape index (κ2) is 8.87. The van der Waals surface area contributed by atoms with Crippen molar-refractivity contribution in [3.63, 3.8) is 0 Å². The number of aromatic nitrogens is 2. The Balaban J connectivity index is 1.18. The summed E-state index contributed by atoms with van der Waals surface area (Å²) in [4.78, 5) is 37.2. The van der Waals surface area contributed by atoms with Crippen LogP contribution in [0.15, 0.2) is 48.7 Å². The van der Waals surface area contributed by atoms with Crippen LogP contribution in [0.5, 0.6) is 0 Å². The van der Waals surface area contributed by atoms with Crippen molar-refractivity contribution in [2.45, 2.75) is 6.42 Å². The first-order valence-corrected chi connectivity index (χ1v) is 10.3. The van der Waals surface area contributed by atoms with Gasteiger partial charge in [0.25, 0.3) is 0 Å². The maximum absolute atomic E-state index is 12.4. The average Bonchev–Trinajstić information content (AvgIpc) is 3.16. The Kier molecular flexibility index (Phi) is 5.85. The highest BCUT2D eigenvalue weighted by Gasteiger charge is 2.21. The zero-order chi connectivity index (χ0) is 20.1. The van der Waals surface area contributed by atoms with Gasteiger partial charge in [0, 0.05) is 45.3 Å². The summed E-state index contributed by atoms with van der Waals surface area (Å²) in [7, 11) is 0. The fraction of sp³-hybridized carbons (Fsp3) is 0.300. The summed E-state index contributed by atoms with van der Waals surface area (Å²) in [5.74, 6) is 0.985. The molecule has 3 heterocycles. The maximum atomic E-state index is 12.4. The van der Waals surface area contributed by atoms with Crippen molar-refractivity contribution in [1.82, 2.24) is 20.2 Å². The maximum Gasteiger partial charge on any atom is 0.321 e. The van der Waals surface area contributed by atoms with Crippen LogP contribution in [0.1, 0.15) is 6.42 Å². The van der Waals surface area contributed by atoms with E-state index in [2.05, 4.69) is 25.5 Å². The summed E-state index contributed by atoms with van der Waals surface area (Å²) < 4.78 is 1.02. The van der Waals surface area contributed by atoms with Crippen molar-refractivity contribution < 1.29 is 9.59 Å². The van der Waals surface area contributed by atoms with Gasteiger partial charge in [-0.15, -0.1) is 0 Å². The third-order valence-corrected chi connectivity index (χ3v) is 5.70. The fourth-order valence-corrected chi connectivity index (χ4v) is 4.09. The first-order chi connectivity index (χ1) is 14.2. The summed E-state index contributed by atoms with van der Waals surface area (Å²) in [6.07, 6.45) is 2.05. The van der Waals surface area contributed by atoms with Crippen LogP contribution in [-0.2, 0) is 4.79 Å². The van der Waals surface area contributed by atoms with E-state index in [4.69, 9.17) is 0 Å². The van der Waals surface area contributed by atoms with Crippen LogP contribution in [0, 0.1) is 0 Å². The van der Waals surface area contributed by atoms with E-state index in [0.717, 1.165) is 29.1 Å². The molecule has 1 saturated heterocycles. The highest BCUT2D eigenvalue weighted by molar-refractivity contribution is 7.22. The molecule has 8 nitrogen and oxygen atoms in total. The van der Waals surface area contributed by atoms with Crippen molar-refractivity contribution >= 4 is 44.4 Å². The molecule has 1 aliphatic rings. The van der Waals surface area contributed by atoms with Crippen molar-refractivity contribution in [3.8, 4) is 0 Å². The Morgan fingerprint density at radius 1 is 1.03 bits per heavy atom. The van der Waals surface area contributed by atoms with Crippen LogP contribution < -0.4 is 15.5 Å². The minimum absolute atomic E-state index is 0.0472. The number of piperazine rings is 1. The van der Waals surface area contributed by atoms with Gasteiger partial charge in [-0.1, -0.05) is 29.5 Å². The number of fused-ring (bicyclic) bond motifs is 1. The molecule has 150 valence electrons. The largest absolute Gasteiger partial charge is 0.353 e. The molecule has 2 aromatic heterocycles. The summed E-state index contributed by atoms with van der Waals surface area (Å²) in [5.41, 5.74) is 0.854. The van der Waals surface area contributed by atoms with Gasteiger partial charge in [0.05, 0.1) is 10.2 Å². The monoisotopic (exact) mass is 410 g/mol. The predicted octanol–water partition coefficient (Wildman–Crippen LogP) is 2.55. The molecule has 4 rings (SSSR count). The Bertz CT molecular complexity index is 952. The number of para-hydroxylation sites is 1. The number of benzene rings is 1. The Labute approximate surface area is 172 Å². The number of nitrogens with one attached hydrogen (secondary N) is 2. The van der Waals surface area contributed by atoms with E-state index in [1.54, 1.807) is 6.20 Å². The molecule has 1 aromatic carbocycles. The van der Waals surface area contributed by atoms with Gasteiger partial charge in [0.1, 0.15) is 5.82 Å². The minimum atomic E-state index is -0.350. The van der Waals surface area contributed by atoms with Gasteiger partial charge in [0.15, 0.2) is 5.13 Å². The van der Waals surface area contributed by atoms with Gasteiger partial charge >= 0.3 is 6.03 Å². The first-order valence-electron chi connectivity index (χ1n) is 9.53.